The van der Waals surface area contributed by atoms with Crippen molar-refractivity contribution in [3.63, 3.8) is 0 Å². The Morgan fingerprint density at radius 3 is 2.53 bits per heavy atom. The first kappa shape index (κ1) is 22.1. The van der Waals surface area contributed by atoms with Crippen LogP contribution in [0.1, 0.15) is 41.6 Å². The van der Waals surface area contributed by atoms with E-state index in [1.165, 1.54) is 17.3 Å². The lowest BCUT2D eigenvalue weighted by Crippen LogP contribution is -2.33. The SMILES string of the molecule is CC(C)C(NC(=O)c1ccccc1)c1nnc(SCC(=O)N2CCc3ccccc32)n1C. The third-order valence-corrected chi connectivity index (χ3v) is 6.65. The van der Waals surface area contributed by atoms with Crippen LogP contribution >= 0.6 is 11.8 Å². The molecule has 2 aromatic carbocycles. The molecule has 2 amide bonds. The fourth-order valence-corrected chi connectivity index (χ4v) is 4.66. The number of carbonyl (C=O) groups is 2. The standard InChI is InChI=1S/C24H27N5O2S/c1-16(2)21(25-23(31)18-10-5-4-6-11-18)22-26-27-24(28(22)3)32-15-20(30)29-14-13-17-9-7-8-12-19(17)29/h4-12,16,21H,13-15H2,1-3H3,(H,25,31). The number of hydrogen-bond donors (Lipinski definition) is 1. The summed E-state index contributed by atoms with van der Waals surface area (Å²) >= 11 is 1.37. The van der Waals surface area contributed by atoms with Gasteiger partial charge in [-0.1, -0.05) is 62.0 Å². The van der Waals surface area contributed by atoms with Crippen LogP contribution in [0.4, 0.5) is 5.69 Å². The second-order valence-electron chi connectivity index (χ2n) is 8.17. The number of anilines is 1. The van der Waals surface area contributed by atoms with E-state index in [2.05, 4.69) is 21.6 Å². The Morgan fingerprint density at radius 1 is 1.06 bits per heavy atom. The number of fused-ring (bicyclic) bond motifs is 1. The molecule has 1 atom stereocenters. The van der Waals surface area contributed by atoms with Crippen LogP contribution in [0.25, 0.3) is 0 Å². The van der Waals surface area contributed by atoms with Gasteiger partial charge in [0.05, 0.1) is 11.8 Å². The average molecular weight is 450 g/mol. The van der Waals surface area contributed by atoms with Crippen molar-refractivity contribution in [3.05, 3.63) is 71.5 Å². The molecule has 0 bridgehead atoms. The Hall–Kier alpha value is -3.13. The molecule has 32 heavy (non-hydrogen) atoms. The second-order valence-corrected chi connectivity index (χ2v) is 9.12. The van der Waals surface area contributed by atoms with E-state index in [0.29, 0.717) is 23.1 Å². The highest BCUT2D eigenvalue weighted by molar-refractivity contribution is 7.99. The fourth-order valence-electron chi connectivity index (χ4n) is 3.87. The van der Waals surface area contributed by atoms with Gasteiger partial charge >= 0.3 is 0 Å². The molecule has 0 fully saturated rings. The third-order valence-electron chi connectivity index (χ3n) is 5.65. The van der Waals surface area contributed by atoms with Gasteiger partial charge < -0.3 is 14.8 Å². The summed E-state index contributed by atoms with van der Waals surface area (Å²) in [5.41, 5.74) is 2.81. The summed E-state index contributed by atoms with van der Waals surface area (Å²) in [5, 5.41) is 12.4. The molecule has 1 unspecified atom stereocenters. The zero-order chi connectivity index (χ0) is 22.7. The van der Waals surface area contributed by atoms with Gasteiger partial charge in [0.25, 0.3) is 5.91 Å². The molecule has 4 rings (SSSR count). The molecule has 7 nitrogen and oxygen atoms in total. The molecule has 0 radical (unpaired) electrons. The first-order chi connectivity index (χ1) is 15.5. The Balaban J connectivity index is 1.44. The van der Waals surface area contributed by atoms with Gasteiger partial charge in [-0.3, -0.25) is 9.59 Å². The van der Waals surface area contributed by atoms with Gasteiger partial charge in [-0.15, -0.1) is 10.2 Å². The molecule has 0 saturated heterocycles. The topological polar surface area (TPSA) is 80.1 Å². The van der Waals surface area contributed by atoms with Crippen LogP contribution in [0, 0.1) is 5.92 Å². The minimum absolute atomic E-state index is 0.0577. The zero-order valence-corrected chi connectivity index (χ0v) is 19.3. The maximum atomic E-state index is 12.8. The summed E-state index contributed by atoms with van der Waals surface area (Å²) in [5.74, 6) is 0.979. The number of rotatable bonds is 7. The summed E-state index contributed by atoms with van der Waals surface area (Å²) in [6.07, 6.45) is 0.887. The highest BCUT2D eigenvalue weighted by Gasteiger charge is 2.27. The molecule has 1 aliphatic rings. The lowest BCUT2D eigenvalue weighted by molar-refractivity contribution is -0.116. The van der Waals surface area contributed by atoms with Crippen LogP contribution in [0.15, 0.2) is 59.8 Å². The van der Waals surface area contributed by atoms with Crippen LogP contribution in [-0.2, 0) is 18.3 Å². The Labute approximate surface area is 192 Å². The molecule has 0 saturated carbocycles. The van der Waals surface area contributed by atoms with Gasteiger partial charge in [0.1, 0.15) is 0 Å². The molecule has 166 valence electrons. The molecule has 2 heterocycles. The predicted molar refractivity (Wildman–Crippen MR) is 126 cm³/mol. The van der Waals surface area contributed by atoms with E-state index in [4.69, 9.17) is 0 Å². The molecule has 0 aliphatic carbocycles. The molecule has 1 N–H and O–H groups in total. The lowest BCUT2D eigenvalue weighted by Gasteiger charge is -2.22. The normalized spacial score (nSPS) is 13.8. The number of hydrogen-bond acceptors (Lipinski definition) is 5. The first-order valence-corrected chi connectivity index (χ1v) is 11.7. The first-order valence-electron chi connectivity index (χ1n) is 10.7. The lowest BCUT2D eigenvalue weighted by atomic mass is 10.0. The van der Waals surface area contributed by atoms with Crippen molar-refractivity contribution >= 4 is 29.3 Å². The number of nitrogens with one attached hydrogen (secondary N) is 1. The average Bonchev–Trinajstić information content (AvgIpc) is 3.39. The Kier molecular flexibility index (Phi) is 6.60. The van der Waals surface area contributed by atoms with E-state index in [1.807, 2.05) is 66.8 Å². The van der Waals surface area contributed by atoms with Crippen LogP contribution in [0.3, 0.4) is 0 Å². The number of aromatic nitrogens is 3. The predicted octanol–water partition coefficient (Wildman–Crippen LogP) is 3.62. The quantitative estimate of drug-likeness (QED) is 0.557. The molecule has 1 aromatic heterocycles. The molecule has 8 heteroatoms. The Bertz CT molecular complexity index is 1110. The third kappa shape index (κ3) is 4.55. The summed E-state index contributed by atoms with van der Waals surface area (Å²) in [6.45, 7) is 4.78. The van der Waals surface area contributed by atoms with Gasteiger partial charge in [0, 0.05) is 24.8 Å². The number of nitrogens with zero attached hydrogens (tertiary/aromatic N) is 4. The van der Waals surface area contributed by atoms with E-state index < -0.39 is 0 Å². The van der Waals surface area contributed by atoms with Crippen LogP contribution in [0.5, 0.6) is 0 Å². The van der Waals surface area contributed by atoms with Crippen molar-refractivity contribution < 1.29 is 9.59 Å². The monoisotopic (exact) mass is 449 g/mol. The molecule has 3 aromatic rings. The van der Waals surface area contributed by atoms with E-state index >= 15 is 0 Å². The summed E-state index contributed by atoms with van der Waals surface area (Å²) in [4.78, 5) is 27.4. The molecular formula is C24H27N5O2S. The van der Waals surface area contributed by atoms with Gasteiger partial charge in [-0.05, 0) is 36.1 Å². The van der Waals surface area contributed by atoms with Crippen molar-refractivity contribution in [1.82, 2.24) is 20.1 Å². The van der Waals surface area contributed by atoms with Gasteiger partial charge in [-0.2, -0.15) is 0 Å². The maximum Gasteiger partial charge on any atom is 0.251 e. The largest absolute Gasteiger partial charge is 0.342 e. The molecular weight excluding hydrogens is 422 g/mol. The van der Waals surface area contributed by atoms with Crippen molar-refractivity contribution in [1.29, 1.82) is 0 Å². The fraction of sp³-hybridized carbons (Fsp3) is 0.333. The van der Waals surface area contributed by atoms with Crippen LogP contribution < -0.4 is 10.2 Å². The van der Waals surface area contributed by atoms with Gasteiger partial charge in [-0.25, -0.2) is 0 Å². The highest BCUT2D eigenvalue weighted by atomic mass is 32.2. The van der Waals surface area contributed by atoms with E-state index in [0.717, 1.165) is 12.1 Å². The van der Waals surface area contributed by atoms with Crippen molar-refractivity contribution in [3.8, 4) is 0 Å². The highest BCUT2D eigenvalue weighted by Crippen LogP contribution is 2.29. The summed E-state index contributed by atoms with van der Waals surface area (Å²) < 4.78 is 1.87. The smallest absolute Gasteiger partial charge is 0.251 e. The zero-order valence-electron chi connectivity index (χ0n) is 18.5. The number of benzene rings is 2. The summed E-state index contributed by atoms with van der Waals surface area (Å²) in [6, 6.07) is 16.9. The van der Waals surface area contributed by atoms with Gasteiger partial charge in [0.2, 0.25) is 5.91 Å². The van der Waals surface area contributed by atoms with E-state index in [1.54, 1.807) is 12.1 Å². The van der Waals surface area contributed by atoms with Crippen molar-refractivity contribution in [2.75, 3.05) is 17.2 Å². The van der Waals surface area contributed by atoms with Crippen LogP contribution in [0.2, 0.25) is 0 Å². The van der Waals surface area contributed by atoms with Gasteiger partial charge in [0.15, 0.2) is 11.0 Å². The Morgan fingerprint density at radius 2 is 1.78 bits per heavy atom. The van der Waals surface area contributed by atoms with Crippen LogP contribution in [-0.4, -0.2) is 38.9 Å². The number of carbonyl (C=O) groups excluding carboxylic acids is 2. The minimum atomic E-state index is -0.296. The minimum Gasteiger partial charge on any atom is -0.342 e. The van der Waals surface area contributed by atoms with Crippen molar-refractivity contribution in [2.24, 2.45) is 13.0 Å². The second kappa shape index (κ2) is 9.56. The number of thioether (sulfide) groups is 1. The number of para-hydroxylation sites is 1. The molecule has 0 spiro atoms. The molecule has 1 aliphatic heterocycles. The van der Waals surface area contributed by atoms with E-state index in [9.17, 15) is 9.59 Å². The maximum absolute atomic E-state index is 12.8. The number of amides is 2. The van der Waals surface area contributed by atoms with E-state index in [-0.39, 0.29) is 29.5 Å². The van der Waals surface area contributed by atoms with Crippen molar-refractivity contribution in [2.45, 2.75) is 31.5 Å². The summed E-state index contributed by atoms with van der Waals surface area (Å²) in [7, 11) is 1.87.